The highest BCUT2D eigenvalue weighted by molar-refractivity contribution is 7.86. The van der Waals surface area contributed by atoms with Gasteiger partial charge in [0.2, 0.25) is 11.7 Å². The van der Waals surface area contributed by atoms with Gasteiger partial charge in [0.1, 0.15) is 16.9 Å². The Morgan fingerprint density at radius 2 is 1.74 bits per heavy atom. The van der Waals surface area contributed by atoms with Crippen LogP contribution in [0.2, 0.25) is 5.02 Å². The van der Waals surface area contributed by atoms with Crippen molar-refractivity contribution in [3.05, 3.63) is 46.7 Å². The van der Waals surface area contributed by atoms with E-state index in [9.17, 15) is 13.4 Å². The molecule has 2 aromatic rings. The number of hydrogen-bond acceptors (Lipinski definition) is 5. The Labute approximate surface area is 163 Å². The average molecular weight is 414 g/mol. The fraction of sp³-hybridized carbons (Fsp3) is 0.278. The normalized spacial score (nSPS) is 19.3. The van der Waals surface area contributed by atoms with E-state index in [2.05, 4.69) is 0 Å². The number of rotatable bonds is 5. The van der Waals surface area contributed by atoms with Gasteiger partial charge in [0, 0.05) is 5.69 Å². The minimum absolute atomic E-state index is 0.123. The molecular formula is C18H17ClFNO5S. The summed E-state index contributed by atoms with van der Waals surface area (Å²) in [7, 11) is 2.89. The molecule has 3 rings (SSSR count). The van der Waals surface area contributed by atoms with Crippen molar-refractivity contribution in [3.8, 4) is 17.2 Å². The smallest absolute Gasteiger partial charge is 0.241 e. The standard InChI is InChI=1S/C18H17ClFNO5S/c1-24-14-6-10(7-15(25-2)17(14)26-3)18-21(16(22)9-27(18)23)11-4-5-13(20)12(19)8-11/h4-8,18H,9H2,1-3H3. The number of nitrogens with zero attached hydrogens (tertiary/aromatic N) is 1. The van der Waals surface area contributed by atoms with Crippen molar-refractivity contribution >= 4 is 34.0 Å². The van der Waals surface area contributed by atoms with E-state index in [1.807, 2.05) is 0 Å². The number of methoxy groups -OCH3 is 3. The number of halogens is 2. The summed E-state index contributed by atoms with van der Waals surface area (Å²) in [5, 5.41) is -0.922. The molecule has 9 heteroatoms. The Bertz CT molecular complexity index is 898. The Morgan fingerprint density at radius 1 is 1.11 bits per heavy atom. The van der Waals surface area contributed by atoms with Crippen LogP contribution in [0.3, 0.4) is 0 Å². The van der Waals surface area contributed by atoms with Gasteiger partial charge in [-0.05, 0) is 35.9 Å². The summed E-state index contributed by atoms with van der Waals surface area (Å²) in [5.74, 6) is 0.0270. The molecule has 2 unspecified atom stereocenters. The molecule has 144 valence electrons. The van der Waals surface area contributed by atoms with Crippen molar-refractivity contribution in [1.29, 1.82) is 0 Å². The molecule has 27 heavy (non-hydrogen) atoms. The summed E-state index contributed by atoms with van der Waals surface area (Å²) in [4.78, 5) is 13.9. The highest BCUT2D eigenvalue weighted by atomic mass is 35.5. The summed E-state index contributed by atoms with van der Waals surface area (Å²) in [6.07, 6.45) is 0. The third-order valence-electron chi connectivity index (χ3n) is 4.17. The highest BCUT2D eigenvalue weighted by Crippen LogP contribution is 2.44. The van der Waals surface area contributed by atoms with Gasteiger partial charge in [-0.3, -0.25) is 13.9 Å². The van der Waals surface area contributed by atoms with E-state index in [0.29, 0.717) is 28.5 Å². The molecule has 0 N–H and O–H groups in total. The molecule has 1 aliphatic heterocycles. The van der Waals surface area contributed by atoms with Crippen LogP contribution in [0.25, 0.3) is 0 Å². The maximum atomic E-state index is 13.5. The topological polar surface area (TPSA) is 65.1 Å². The van der Waals surface area contributed by atoms with Crippen molar-refractivity contribution < 1.29 is 27.6 Å². The second-order valence-electron chi connectivity index (χ2n) is 5.70. The lowest BCUT2D eigenvalue weighted by molar-refractivity contribution is -0.115. The van der Waals surface area contributed by atoms with Crippen LogP contribution in [0.1, 0.15) is 10.9 Å². The molecule has 1 heterocycles. The Balaban J connectivity index is 2.14. The van der Waals surface area contributed by atoms with Crippen LogP contribution < -0.4 is 19.1 Å². The van der Waals surface area contributed by atoms with Crippen molar-refractivity contribution in [1.82, 2.24) is 0 Å². The molecule has 1 fully saturated rings. The SMILES string of the molecule is COc1cc(C2N(c3ccc(F)c(Cl)c3)C(=O)CS2=O)cc(OC)c1OC. The van der Waals surface area contributed by atoms with Gasteiger partial charge in [-0.15, -0.1) is 0 Å². The number of ether oxygens (including phenoxy) is 3. The Kier molecular flexibility index (Phi) is 5.57. The number of carbonyl (C=O) groups excluding carboxylic acids is 1. The lowest BCUT2D eigenvalue weighted by Gasteiger charge is -2.25. The zero-order chi connectivity index (χ0) is 19.7. The van der Waals surface area contributed by atoms with E-state index >= 15 is 0 Å². The van der Waals surface area contributed by atoms with Crippen LogP contribution in [0.15, 0.2) is 30.3 Å². The number of hydrogen-bond donors (Lipinski definition) is 0. The van der Waals surface area contributed by atoms with Crippen LogP contribution in [-0.2, 0) is 15.6 Å². The second-order valence-corrected chi connectivity index (χ2v) is 7.60. The first kappa shape index (κ1) is 19.4. The lowest BCUT2D eigenvalue weighted by Crippen LogP contribution is -2.28. The molecule has 0 aromatic heterocycles. The molecule has 0 spiro atoms. The summed E-state index contributed by atoms with van der Waals surface area (Å²) in [6.45, 7) is 0. The van der Waals surface area contributed by atoms with Gasteiger partial charge in [-0.25, -0.2) is 4.39 Å². The third-order valence-corrected chi connectivity index (χ3v) is 5.97. The molecule has 2 atom stereocenters. The molecule has 1 amide bonds. The predicted molar refractivity (Wildman–Crippen MR) is 101 cm³/mol. The Hall–Kier alpha value is -2.32. The van der Waals surface area contributed by atoms with E-state index in [4.69, 9.17) is 25.8 Å². The predicted octanol–water partition coefficient (Wildman–Crippen LogP) is 3.30. The van der Waals surface area contributed by atoms with Gasteiger partial charge in [-0.2, -0.15) is 0 Å². The van der Waals surface area contributed by atoms with Crippen molar-refractivity contribution in [3.63, 3.8) is 0 Å². The quantitative estimate of drug-likeness (QED) is 0.752. The van der Waals surface area contributed by atoms with Crippen LogP contribution >= 0.6 is 11.6 Å². The maximum Gasteiger partial charge on any atom is 0.241 e. The van der Waals surface area contributed by atoms with Crippen molar-refractivity contribution in [2.45, 2.75) is 5.37 Å². The minimum atomic E-state index is -1.53. The molecule has 0 radical (unpaired) electrons. The first-order valence-electron chi connectivity index (χ1n) is 7.85. The lowest BCUT2D eigenvalue weighted by atomic mass is 10.1. The molecule has 0 aliphatic carbocycles. The first-order chi connectivity index (χ1) is 12.9. The van der Waals surface area contributed by atoms with Crippen LogP contribution in [0, 0.1) is 5.82 Å². The van der Waals surface area contributed by atoms with Gasteiger partial charge in [0.05, 0.1) is 37.2 Å². The number of anilines is 1. The Morgan fingerprint density at radius 3 is 2.26 bits per heavy atom. The summed E-state index contributed by atoms with van der Waals surface area (Å²) in [5.41, 5.74) is 0.894. The van der Waals surface area contributed by atoms with Gasteiger partial charge < -0.3 is 14.2 Å². The van der Waals surface area contributed by atoms with E-state index in [-0.39, 0.29) is 16.7 Å². The van der Waals surface area contributed by atoms with Crippen LogP contribution in [0.4, 0.5) is 10.1 Å². The summed E-state index contributed by atoms with van der Waals surface area (Å²) in [6, 6.07) is 7.20. The molecule has 1 aliphatic rings. The second kappa shape index (κ2) is 7.74. The van der Waals surface area contributed by atoms with E-state index in [0.717, 1.165) is 0 Å². The van der Waals surface area contributed by atoms with Gasteiger partial charge in [0.15, 0.2) is 11.5 Å². The van der Waals surface area contributed by atoms with Crippen LogP contribution in [-0.4, -0.2) is 37.2 Å². The number of carbonyl (C=O) groups is 1. The third kappa shape index (κ3) is 3.46. The summed E-state index contributed by atoms with van der Waals surface area (Å²) >= 11 is 5.86. The zero-order valence-electron chi connectivity index (χ0n) is 14.8. The highest BCUT2D eigenvalue weighted by Gasteiger charge is 2.40. The molecule has 6 nitrogen and oxygen atoms in total. The first-order valence-corrected chi connectivity index (χ1v) is 9.61. The average Bonchev–Trinajstić information content (AvgIpc) is 2.96. The molecule has 0 bridgehead atoms. The maximum absolute atomic E-state index is 13.5. The molecule has 2 aromatic carbocycles. The van der Waals surface area contributed by atoms with Gasteiger partial charge in [-0.1, -0.05) is 11.6 Å². The van der Waals surface area contributed by atoms with Crippen LogP contribution in [0.5, 0.6) is 17.2 Å². The molecule has 0 saturated carbocycles. The monoisotopic (exact) mass is 413 g/mol. The fourth-order valence-electron chi connectivity index (χ4n) is 2.98. The van der Waals surface area contributed by atoms with E-state index in [1.165, 1.54) is 44.4 Å². The summed E-state index contributed by atoms with van der Waals surface area (Å²) < 4.78 is 42.2. The largest absolute Gasteiger partial charge is 0.493 e. The molecular weight excluding hydrogens is 397 g/mol. The van der Waals surface area contributed by atoms with Crippen molar-refractivity contribution in [2.24, 2.45) is 0 Å². The fourth-order valence-corrected chi connectivity index (χ4v) is 4.61. The van der Waals surface area contributed by atoms with Gasteiger partial charge in [0.25, 0.3) is 0 Å². The zero-order valence-corrected chi connectivity index (χ0v) is 16.4. The molecule has 1 saturated heterocycles. The van der Waals surface area contributed by atoms with E-state index < -0.39 is 22.0 Å². The van der Waals surface area contributed by atoms with Gasteiger partial charge >= 0.3 is 0 Å². The number of benzene rings is 2. The number of amides is 1. The minimum Gasteiger partial charge on any atom is -0.493 e. The van der Waals surface area contributed by atoms with E-state index in [1.54, 1.807) is 12.1 Å². The van der Waals surface area contributed by atoms with Crippen molar-refractivity contribution in [2.75, 3.05) is 32.0 Å².